The van der Waals surface area contributed by atoms with Gasteiger partial charge in [0.15, 0.2) is 0 Å². The van der Waals surface area contributed by atoms with Gasteiger partial charge in [-0.1, -0.05) is 120 Å². The Balaban J connectivity index is 1.30. The molecule has 0 amide bonds. The molecule has 64 radical (unpaired) electrons. The van der Waals surface area contributed by atoms with Crippen molar-refractivity contribution < 1.29 is 4.42 Å². The van der Waals surface area contributed by atoms with E-state index in [2.05, 4.69) is 0 Å². The van der Waals surface area contributed by atoms with Crippen LogP contribution in [0.1, 0.15) is 0 Å². The van der Waals surface area contributed by atoms with Crippen LogP contribution in [0.2, 0.25) is 0 Å². The van der Waals surface area contributed by atoms with Gasteiger partial charge in [0.2, 0.25) is 0 Å². The van der Waals surface area contributed by atoms with Crippen LogP contribution in [0.15, 0.2) is 4.42 Å². The Morgan fingerprint density at radius 3 is 0.682 bits per heavy atom. The van der Waals surface area contributed by atoms with Crippen molar-refractivity contribution in [1.29, 1.82) is 0 Å². The highest BCUT2D eigenvalue weighted by atomic mass is 16.3. The second kappa shape index (κ2) is 20.9. The van der Waals surface area contributed by atoms with Crippen LogP contribution in [0.5, 0.6) is 0 Å². The monoisotopic (exact) mass is 992 g/mol. The maximum absolute atomic E-state index is 7.29. The third-order valence-corrected chi connectivity index (χ3v) is 16.6. The first-order chi connectivity index (χ1) is 39.6. The predicted octanol–water partition coefficient (Wildman–Crippen LogP) is -23.7. The number of benzene rings is 10. The van der Waals surface area contributed by atoms with Gasteiger partial charge in [0.1, 0.15) is 262 Å². The molecule has 0 atom stereocenters. The minimum atomic E-state index is -0.343. The van der Waals surface area contributed by atoms with E-state index in [9.17, 15) is 0 Å². The first kappa shape index (κ1) is 61.8. The van der Waals surface area contributed by atoms with Crippen LogP contribution in [0.4, 0.5) is 0 Å². The van der Waals surface area contributed by atoms with E-state index in [-0.39, 0.29) is 284 Å². The highest BCUT2D eigenvalue weighted by Crippen LogP contribution is 2.43. The normalized spacial score (nSPS) is 11.9. The zero-order valence-electron chi connectivity index (χ0n) is 44.9. The van der Waals surface area contributed by atoms with Crippen molar-refractivity contribution >= 4 is 491 Å². The molecular formula is C52B32O. The number of hydrogen-bond acceptors (Lipinski definition) is 1. The molecule has 0 saturated heterocycles. The molecule has 0 aliphatic heterocycles. The van der Waals surface area contributed by atoms with Crippen LogP contribution in [-0.4, -0.2) is 251 Å². The van der Waals surface area contributed by atoms with Gasteiger partial charge in [-0.15, -0.1) is 54.6 Å². The molecule has 0 spiro atoms. The van der Waals surface area contributed by atoms with E-state index in [0.717, 1.165) is 0 Å². The summed E-state index contributed by atoms with van der Waals surface area (Å²) in [7, 11) is 219. The summed E-state index contributed by atoms with van der Waals surface area (Å²) in [6.07, 6.45) is 0. The smallest absolute Gasteiger partial charge is 0.128 e. The van der Waals surface area contributed by atoms with Crippen molar-refractivity contribution in [2.75, 3.05) is 0 Å². The minimum absolute atomic E-state index is 0.0153. The van der Waals surface area contributed by atoms with Gasteiger partial charge in [0, 0.05) is 10.8 Å². The summed E-state index contributed by atoms with van der Waals surface area (Å²) in [4.78, 5) is 0. The molecule has 0 unspecified atom stereocenters. The molecule has 1 nitrogen and oxygen atoms in total. The molecule has 85 heavy (non-hydrogen) atoms. The molecule has 11 aromatic rings. The van der Waals surface area contributed by atoms with Crippen LogP contribution in [-0.2, 0) is 0 Å². The lowest BCUT2D eigenvalue weighted by molar-refractivity contribution is 0.675. The lowest BCUT2D eigenvalue weighted by Gasteiger charge is -2.33. The summed E-state index contributed by atoms with van der Waals surface area (Å²) in [5.74, 6) is 0. The first-order valence-corrected chi connectivity index (χ1v) is 24.9. The van der Waals surface area contributed by atoms with Crippen LogP contribution in [0.25, 0.3) is 110 Å². The van der Waals surface area contributed by atoms with Crippen molar-refractivity contribution in [3.63, 3.8) is 0 Å². The van der Waals surface area contributed by atoms with Gasteiger partial charge in [0.05, 0.1) is 0 Å². The summed E-state index contributed by atoms with van der Waals surface area (Å²) in [5, 5.41) is 0.361. The average molecular weight is 987 g/mol. The van der Waals surface area contributed by atoms with Crippen molar-refractivity contribution in [3.05, 3.63) is 0 Å². The van der Waals surface area contributed by atoms with Gasteiger partial charge >= 0.3 is 0 Å². The summed E-state index contributed by atoms with van der Waals surface area (Å²) in [6, 6.07) is 0. The maximum Gasteiger partial charge on any atom is 0.128 e. The lowest BCUT2D eigenvalue weighted by Crippen LogP contribution is -2.53. The molecule has 33 heteroatoms. The number of furan rings is 1. The SMILES string of the molecule is [B]c1c([B])c(-c2c([B])c([B])c(-c3c4c([B])c([B])c([B])c([B])c4c(-c4c([B])c([B])c([B])c5oc6c([B])c([B])c([B])c([B])c6c45)c4c([B])c([B])c([B])c([B])c34)c([B])c2[B])c([B])c(-c2c([B])c([B])c3c(c2[B])c([B])c([B])c2c([B])c([B])c([B])c([B])c23)c1[B]. The zero-order valence-corrected chi connectivity index (χ0v) is 44.9. The van der Waals surface area contributed by atoms with Gasteiger partial charge in [-0.05, 0) is 87.6 Å². The molecule has 1 aromatic heterocycles. The van der Waals surface area contributed by atoms with E-state index in [0.29, 0.717) is 0 Å². The number of rotatable bonds is 4. The lowest BCUT2D eigenvalue weighted by atomic mass is 9.54. The fraction of sp³-hybridized carbons (Fsp3) is 0. The second-order valence-corrected chi connectivity index (χ2v) is 20.7. The maximum atomic E-state index is 7.29. The highest BCUT2D eigenvalue weighted by molar-refractivity contribution is 6.79. The Kier molecular flexibility index (Phi) is 15.2. The van der Waals surface area contributed by atoms with Gasteiger partial charge in [0.25, 0.3) is 0 Å². The van der Waals surface area contributed by atoms with E-state index < -0.39 is 0 Å². The standard InChI is InChI=1S/C52B32O/c53-19-12-8(9-13(31(65)30(12)64)35(69)45(79)44(78)27(9)61)21(55)32(66)14(19)15-20(54)16(37(71)39(73)36(15)70)17-33(67)28(62)11(29(63)34(17)68)2-5-3(22(56)40(74)42(76)24(5)58)1(4-6(2)25(59)43(77)41(75)23(4)57)7-10-18-38(72)46(80)48(82)50(84)52(18)85-51(10)49(83)47(81)26(7)60. The molecule has 0 saturated carbocycles. The second-order valence-electron chi connectivity index (χ2n) is 20.7. The molecule has 11 rings (SSSR count). The molecule has 0 aliphatic carbocycles. The van der Waals surface area contributed by atoms with Crippen molar-refractivity contribution in [3.8, 4) is 44.5 Å². The predicted molar refractivity (Wildman–Crippen MR) is 398 cm³/mol. The summed E-state index contributed by atoms with van der Waals surface area (Å²) < 4.78 is 6.34. The van der Waals surface area contributed by atoms with Crippen molar-refractivity contribution in [2.45, 2.75) is 0 Å². The van der Waals surface area contributed by atoms with Crippen LogP contribution < -0.4 is 175 Å². The molecule has 0 fully saturated rings. The fourth-order valence-corrected chi connectivity index (χ4v) is 12.1. The largest absolute Gasteiger partial charge is 0.457 e. The zero-order chi connectivity index (χ0) is 62.7. The van der Waals surface area contributed by atoms with Crippen molar-refractivity contribution in [1.82, 2.24) is 0 Å². The van der Waals surface area contributed by atoms with Crippen molar-refractivity contribution in [2.24, 2.45) is 0 Å². The van der Waals surface area contributed by atoms with Gasteiger partial charge in [-0.25, -0.2) is 0 Å². The van der Waals surface area contributed by atoms with Crippen LogP contribution in [0.3, 0.4) is 0 Å². The first-order valence-electron chi connectivity index (χ1n) is 24.9. The number of hydrogen-bond donors (Lipinski definition) is 0. The topological polar surface area (TPSA) is 13.1 Å². The van der Waals surface area contributed by atoms with Gasteiger partial charge in [-0.3, -0.25) is 0 Å². The Morgan fingerprint density at radius 2 is 0.294 bits per heavy atom. The van der Waals surface area contributed by atoms with E-state index >= 15 is 0 Å². The molecule has 1 heterocycles. The summed E-state index contributed by atoms with van der Waals surface area (Å²) in [6.45, 7) is 0. The quantitative estimate of drug-likeness (QED) is 0.0973. The van der Waals surface area contributed by atoms with E-state index in [1.807, 2.05) is 0 Å². The average Bonchev–Trinajstić information content (AvgIpc) is 1.48. The third-order valence-electron chi connectivity index (χ3n) is 16.6. The van der Waals surface area contributed by atoms with E-state index in [4.69, 9.17) is 255 Å². The molecule has 0 aliphatic rings. The Bertz CT molecular complexity index is 4970. The van der Waals surface area contributed by atoms with Gasteiger partial charge in [-0.2, -0.15) is 0 Å². The Hall–Kier alpha value is -4.88. The number of fused-ring (bicyclic) bond motifs is 8. The van der Waals surface area contributed by atoms with Gasteiger partial charge < -0.3 is 4.42 Å². The summed E-state index contributed by atoms with van der Waals surface area (Å²) >= 11 is 0. The highest BCUT2D eigenvalue weighted by Gasteiger charge is 2.32. The molecule has 310 valence electrons. The molecular weight excluding hydrogens is 987 g/mol. The molecule has 10 aromatic carbocycles. The fourth-order valence-electron chi connectivity index (χ4n) is 12.1. The Labute approximate surface area is 535 Å². The molecule has 0 N–H and O–H groups in total. The van der Waals surface area contributed by atoms with E-state index in [1.54, 1.807) is 0 Å². The third kappa shape index (κ3) is 7.96. The van der Waals surface area contributed by atoms with Crippen LogP contribution >= 0.6 is 0 Å². The summed E-state index contributed by atoms with van der Waals surface area (Å²) in [5.41, 5.74) is -7.23. The molecule has 0 bridgehead atoms. The van der Waals surface area contributed by atoms with Crippen LogP contribution in [0, 0.1) is 0 Å². The van der Waals surface area contributed by atoms with E-state index in [1.165, 1.54) is 0 Å². The Morgan fingerprint density at radius 1 is 0.106 bits per heavy atom. The minimum Gasteiger partial charge on any atom is -0.457 e.